The van der Waals surface area contributed by atoms with Gasteiger partial charge in [0.2, 0.25) is 10.4 Å². The van der Waals surface area contributed by atoms with Crippen LogP contribution in [0.3, 0.4) is 0 Å². The summed E-state index contributed by atoms with van der Waals surface area (Å²) in [6.07, 6.45) is 0.428. The molecular formula is C6H16O5S. The Morgan fingerprint density at radius 2 is 1.83 bits per heavy atom. The predicted molar refractivity (Wildman–Crippen MR) is 44.7 cm³/mol. The predicted octanol–water partition coefficient (Wildman–Crippen LogP) is -0.00740. The highest BCUT2D eigenvalue weighted by Gasteiger charge is 1.96. The molecule has 0 aliphatic rings. The van der Waals surface area contributed by atoms with Crippen molar-refractivity contribution in [3.05, 3.63) is 0 Å². The normalized spacial score (nSPS) is 10.8. The number of hydrogen-bond donors (Lipinski definition) is 0. The summed E-state index contributed by atoms with van der Waals surface area (Å²) < 4.78 is 32.8. The van der Waals surface area contributed by atoms with Gasteiger partial charge in [0.15, 0.2) is 0 Å². The van der Waals surface area contributed by atoms with E-state index in [0.29, 0.717) is 6.61 Å². The second-order valence-corrected chi connectivity index (χ2v) is 3.31. The van der Waals surface area contributed by atoms with Gasteiger partial charge in [-0.15, -0.1) is 0 Å². The maximum Gasteiger partial charge on any atom is 0.217 e. The van der Waals surface area contributed by atoms with Crippen molar-refractivity contribution in [2.45, 2.75) is 33.3 Å². The minimum Gasteiger partial charge on any atom is -0.726 e. The van der Waals surface area contributed by atoms with Crippen molar-refractivity contribution in [3.63, 3.8) is 0 Å². The highest BCUT2D eigenvalue weighted by atomic mass is 32.3. The Kier molecular flexibility index (Phi) is 8.95. The lowest BCUT2D eigenvalue weighted by molar-refractivity contribution is 0.209. The first-order valence-corrected chi connectivity index (χ1v) is 4.95. The van der Waals surface area contributed by atoms with Gasteiger partial charge in [0.25, 0.3) is 0 Å². The fraction of sp³-hybridized carbons (Fsp3) is 1.00. The monoisotopic (exact) mass is 200 g/mol. The second-order valence-electron chi connectivity index (χ2n) is 2.30. The Balaban J connectivity index is 0. The third-order valence-corrected chi connectivity index (χ3v) is 1.18. The molecule has 0 aromatic rings. The van der Waals surface area contributed by atoms with Gasteiger partial charge in [-0.25, -0.2) is 8.42 Å². The van der Waals surface area contributed by atoms with Gasteiger partial charge < -0.3 is 9.66 Å². The van der Waals surface area contributed by atoms with Crippen LogP contribution >= 0.6 is 0 Å². The summed E-state index contributed by atoms with van der Waals surface area (Å²) in [6.45, 7) is 5.50. The third kappa shape index (κ3) is 22.5. The fourth-order valence-corrected chi connectivity index (χ4v) is 0.707. The van der Waals surface area contributed by atoms with Crippen molar-refractivity contribution >= 4 is 10.4 Å². The van der Waals surface area contributed by atoms with Crippen LogP contribution in [0.5, 0.6) is 0 Å². The molecule has 0 aromatic carbocycles. The van der Waals surface area contributed by atoms with Crippen molar-refractivity contribution in [1.82, 2.24) is 0 Å². The van der Waals surface area contributed by atoms with E-state index in [9.17, 15) is 13.0 Å². The highest BCUT2D eigenvalue weighted by molar-refractivity contribution is 7.80. The quantitative estimate of drug-likeness (QED) is 0.364. The van der Waals surface area contributed by atoms with E-state index in [2.05, 4.69) is 4.18 Å². The molecule has 0 atom stereocenters. The summed E-state index contributed by atoms with van der Waals surface area (Å²) in [5, 5.41) is 6.45. The molecule has 0 amide bonds. The molecule has 0 aliphatic carbocycles. The van der Waals surface area contributed by atoms with Crippen molar-refractivity contribution in [2.24, 2.45) is 0 Å². The first-order chi connectivity index (χ1) is 5.33. The van der Waals surface area contributed by atoms with E-state index in [0.717, 1.165) is 6.42 Å². The topological polar surface area (TPSA) is 89.3 Å². The van der Waals surface area contributed by atoms with Crippen molar-refractivity contribution < 1.29 is 22.3 Å². The Bertz CT molecular complexity index is 170. The fourth-order valence-electron chi connectivity index (χ4n) is 0.236. The Labute approximate surface area is 73.3 Å². The van der Waals surface area contributed by atoms with Gasteiger partial charge in [-0.05, 0) is 13.8 Å². The van der Waals surface area contributed by atoms with Gasteiger partial charge in [0, 0.05) is 6.42 Å². The smallest absolute Gasteiger partial charge is 0.217 e. The molecule has 12 heavy (non-hydrogen) atoms. The molecule has 0 unspecified atom stereocenters. The average Bonchev–Trinajstić information content (AvgIpc) is 1.83. The maximum atomic E-state index is 9.66. The minimum atomic E-state index is -4.47. The zero-order valence-corrected chi connectivity index (χ0v) is 8.35. The summed E-state index contributed by atoms with van der Waals surface area (Å²) in [4.78, 5) is 0. The van der Waals surface area contributed by atoms with Gasteiger partial charge >= 0.3 is 0 Å². The van der Waals surface area contributed by atoms with Crippen LogP contribution in [0.25, 0.3) is 0 Å². The Morgan fingerprint density at radius 1 is 1.50 bits per heavy atom. The standard InChI is InChI=1S/C3H8O4S.C3H8O/c1-3(2)7-8(4,5)6;1-2-3-4/h3H,1-2H3,(H,4,5,6);4H,2-3H2,1H3. The van der Waals surface area contributed by atoms with Crippen LogP contribution in [-0.4, -0.2) is 30.8 Å². The lowest BCUT2D eigenvalue weighted by Crippen LogP contribution is -2.10. The molecule has 2 N–H and O–H groups in total. The van der Waals surface area contributed by atoms with Crippen LogP contribution in [0.15, 0.2) is 0 Å². The van der Waals surface area contributed by atoms with Crippen LogP contribution in [0.1, 0.15) is 27.2 Å². The molecule has 76 valence electrons. The SMILES string of the molecule is CC(C)OS(=O)(=O)[O-].CCC[OH2+]. The van der Waals surface area contributed by atoms with Crippen molar-refractivity contribution in [1.29, 1.82) is 0 Å². The number of rotatable bonds is 3. The molecule has 0 aromatic heterocycles. The molecule has 0 fully saturated rings. The van der Waals surface area contributed by atoms with Crippen LogP contribution in [0.4, 0.5) is 0 Å². The molecule has 0 saturated heterocycles. The second kappa shape index (κ2) is 7.48. The molecule has 0 saturated carbocycles. The molecular weight excluding hydrogens is 184 g/mol. The van der Waals surface area contributed by atoms with E-state index in [1.807, 2.05) is 6.92 Å². The van der Waals surface area contributed by atoms with Crippen molar-refractivity contribution in [2.75, 3.05) is 6.61 Å². The van der Waals surface area contributed by atoms with E-state index in [-0.39, 0.29) is 0 Å². The zero-order chi connectivity index (χ0) is 10.2. The van der Waals surface area contributed by atoms with Gasteiger partial charge in [-0.1, -0.05) is 6.92 Å². The lowest BCUT2D eigenvalue weighted by Gasteiger charge is -2.09. The van der Waals surface area contributed by atoms with E-state index in [4.69, 9.17) is 5.11 Å². The Hall–Kier alpha value is -0.170. The molecule has 0 radical (unpaired) electrons. The van der Waals surface area contributed by atoms with Crippen LogP contribution in [0, 0.1) is 0 Å². The molecule has 5 nitrogen and oxygen atoms in total. The molecule has 6 heteroatoms. The van der Waals surface area contributed by atoms with Crippen LogP contribution in [0.2, 0.25) is 0 Å². The van der Waals surface area contributed by atoms with Crippen LogP contribution in [-0.2, 0) is 14.6 Å². The average molecular weight is 200 g/mol. The third-order valence-electron chi connectivity index (χ3n) is 0.560. The summed E-state index contributed by atoms with van der Waals surface area (Å²) in [7, 11) is -4.47. The Morgan fingerprint density at radius 3 is 1.83 bits per heavy atom. The first kappa shape index (κ1) is 14.4. The maximum absolute atomic E-state index is 9.66. The van der Waals surface area contributed by atoms with E-state index < -0.39 is 16.5 Å². The molecule has 0 heterocycles. The van der Waals surface area contributed by atoms with E-state index in [1.165, 1.54) is 13.8 Å². The zero-order valence-electron chi connectivity index (χ0n) is 7.53. The first-order valence-electron chi connectivity index (χ1n) is 3.62. The van der Waals surface area contributed by atoms with E-state index >= 15 is 0 Å². The minimum absolute atomic E-state index is 0.558. The number of hydrogen-bond acceptors (Lipinski definition) is 4. The largest absolute Gasteiger partial charge is 0.726 e. The lowest BCUT2D eigenvalue weighted by atomic mass is 10.5. The van der Waals surface area contributed by atoms with E-state index in [1.54, 1.807) is 0 Å². The summed E-state index contributed by atoms with van der Waals surface area (Å²) in [6, 6.07) is 0. The summed E-state index contributed by atoms with van der Waals surface area (Å²) in [5.74, 6) is 0. The molecule has 0 spiro atoms. The van der Waals surface area contributed by atoms with Crippen LogP contribution < -0.4 is 0 Å². The van der Waals surface area contributed by atoms with Gasteiger partial charge in [0.05, 0.1) is 6.10 Å². The molecule has 0 bridgehead atoms. The summed E-state index contributed by atoms with van der Waals surface area (Å²) >= 11 is 0. The molecule has 0 rings (SSSR count). The summed E-state index contributed by atoms with van der Waals surface area (Å²) in [5.41, 5.74) is 0. The molecule has 0 aliphatic heterocycles. The van der Waals surface area contributed by atoms with Gasteiger partial charge in [0.1, 0.15) is 6.61 Å². The van der Waals surface area contributed by atoms with Gasteiger partial charge in [-0.2, -0.15) is 0 Å². The highest BCUT2D eigenvalue weighted by Crippen LogP contribution is 1.92. The van der Waals surface area contributed by atoms with Gasteiger partial charge in [-0.3, -0.25) is 4.18 Å². The van der Waals surface area contributed by atoms with Crippen molar-refractivity contribution in [3.8, 4) is 0 Å².